The Balaban J connectivity index is 1.60. The van der Waals surface area contributed by atoms with E-state index in [4.69, 9.17) is 15.5 Å². The first kappa shape index (κ1) is 21.2. The lowest BCUT2D eigenvalue weighted by Gasteiger charge is -2.29. The van der Waals surface area contributed by atoms with Crippen molar-refractivity contribution in [3.8, 4) is 0 Å². The zero-order valence-electron chi connectivity index (χ0n) is 17.7. The van der Waals surface area contributed by atoms with Crippen molar-refractivity contribution in [1.82, 2.24) is 15.0 Å². The van der Waals surface area contributed by atoms with E-state index in [1.54, 1.807) is 18.9 Å². The number of hydrogen-bond acceptors (Lipinski definition) is 8. The maximum absolute atomic E-state index is 6.31. The number of nitrogens with one attached hydrogen (secondary N) is 1. The number of nitrogens with zero attached hydrogens (tertiary/aromatic N) is 4. The molecule has 0 amide bonds. The molecule has 0 radical (unpaired) electrons. The summed E-state index contributed by atoms with van der Waals surface area (Å²) in [6, 6.07) is 6.40. The number of hydrogen-bond donors (Lipinski definition) is 2. The Morgan fingerprint density at radius 1 is 1.27 bits per heavy atom. The minimum absolute atomic E-state index is 0.129. The number of pyridine rings is 1. The zero-order valence-corrected chi connectivity index (χ0v) is 18.5. The van der Waals surface area contributed by atoms with E-state index in [9.17, 15) is 0 Å². The van der Waals surface area contributed by atoms with Crippen molar-refractivity contribution < 1.29 is 4.74 Å². The first-order chi connectivity index (χ1) is 14.6. The van der Waals surface area contributed by atoms with E-state index < -0.39 is 0 Å². The standard InChI is InChI=1S/C22H30N6OS/c1-14-9-10-20(30-21-16(14)6-5-11-24-21)27-19-12-15(13-29-2)25-22(28-19)26-18-8-4-3-7-17(18)23/h5-6,11-12,14,17-18H,3-4,7-10,13,23H2,1-2H3,(H,25,26,28). The van der Waals surface area contributed by atoms with E-state index in [2.05, 4.69) is 33.3 Å². The van der Waals surface area contributed by atoms with Crippen molar-refractivity contribution >= 4 is 28.6 Å². The number of methoxy groups -OCH3 is 1. The average Bonchev–Trinajstić information content (AvgIpc) is 2.89. The van der Waals surface area contributed by atoms with Gasteiger partial charge in [0.05, 0.1) is 17.3 Å². The van der Waals surface area contributed by atoms with Gasteiger partial charge in [-0.25, -0.2) is 15.0 Å². The molecule has 4 rings (SSSR count). The Labute approximate surface area is 182 Å². The van der Waals surface area contributed by atoms with Gasteiger partial charge in [0.1, 0.15) is 5.03 Å². The molecule has 30 heavy (non-hydrogen) atoms. The highest BCUT2D eigenvalue weighted by Crippen LogP contribution is 2.36. The summed E-state index contributed by atoms with van der Waals surface area (Å²) < 4.78 is 5.31. The molecule has 3 N–H and O–H groups in total. The number of thioether (sulfide) groups is 1. The lowest BCUT2D eigenvalue weighted by molar-refractivity contribution is 0.181. The average molecular weight is 427 g/mol. The number of anilines is 1. The fourth-order valence-electron chi connectivity index (χ4n) is 4.06. The third-order valence-corrected chi connectivity index (χ3v) is 6.83. The molecule has 1 aliphatic carbocycles. The van der Waals surface area contributed by atoms with Gasteiger partial charge >= 0.3 is 0 Å². The molecule has 0 aromatic carbocycles. The number of aromatic nitrogens is 3. The Morgan fingerprint density at radius 3 is 2.97 bits per heavy atom. The number of rotatable bonds is 5. The SMILES string of the molecule is COCc1cc(N=C2CCC(C)c3cccnc3S2)nc(NC2CCCCC2N)n1. The number of aliphatic imine (C=N–C) groups is 1. The van der Waals surface area contributed by atoms with E-state index >= 15 is 0 Å². The maximum Gasteiger partial charge on any atom is 0.225 e. The van der Waals surface area contributed by atoms with Crippen LogP contribution in [0.4, 0.5) is 11.8 Å². The summed E-state index contributed by atoms with van der Waals surface area (Å²) in [5.74, 6) is 1.70. The summed E-state index contributed by atoms with van der Waals surface area (Å²) in [7, 11) is 1.67. The van der Waals surface area contributed by atoms with Crippen LogP contribution in [0, 0.1) is 0 Å². The second-order valence-corrected chi connectivity index (χ2v) is 9.18. The summed E-state index contributed by atoms with van der Waals surface area (Å²) in [6.45, 7) is 2.67. The lowest BCUT2D eigenvalue weighted by atomic mass is 9.91. The Bertz CT molecular complexity index is 905. The van der Waals surface area contributed by atoms with Gasteiger partial charge in [-0.15, -0.1) is 0 Å². The second kappa shape index (κ2) is 9.85. The van der Waals surface area contributed by atoms with Gasteiger partial charge in [-0.05, 0) is 43.2 Å². The molecule has 2 aromatic heterocycles. The minimum Gasteiger partial charge on any atom is -0.378 e. The molecular weight excluding hydrogens is 396 g/mol. The highest BCUT2D eigenvalue weighted by molar-refractivity contribution is 8.14. The van der Waals surface area contributed by atoms with Crippen molar-refractivity contribution in [2.75, 3.05) is 12.4 Å². The number of ether oxygens (including phenoxy) is 1. The quantitative estimate of drug-likeness (QED) is 0.730. The molecule has 7 nitrogen and oxygen atoms in total. The molecule has 0 saturated heterocycles. The van der Waals surface area contributed by atoms with Gasteiger partial charge < -0.3 is 15.8 Å². The predicted molar refractivity (Wildman–Crippen MR) is 121 cm³/mol. The van der Waals surface area contributed by atoms with Crippen LogP contribution in [0.25, 0.3) is 0 Å². The van der Waals surface area contributed by atoms with Crippen LogP contribution in [-0.2, 0) is 11.3 Å². The molecule has 1 saturated carbocycles. The second-order valence-electron chi connectivity index (χ2n) is 8.12. The molecule has 0 bridgehead atoms. The van der Waals surface area contributed by atoms with Crippen molar-refractivity contribution in [3.63, 3.8) is 0 Å². The Hall–Kier alpha value is -2.03. The first-order valence-corrected chi connectivity index (χ1v) is 11.5. The molecule has 3 unspecified atom stereocenters. The third-order valence-electron chi connectivity index (χ3n) is 5.77. The molecule has 3 heterocycles. The van der Waals surface area contributed by atoms with E-state index in [0.29, 0.717) is 24.3 Å². The molecule has 0 spiro atoms. The fourth-order valence-corrected chi connectivity index (χ4v) is 5.14. The summed E-state index contributed by atoms with van der Waals surface area (Å²) in [6.07, 6.45) is 8.24. The number of nitrogens with two attached hydrogens (primary N) is 1. The largest absolute Gasteiger partial charge is 0.378 e. The summed E-state index contributed by atoms with van der Waals surface area (Å²) >= 11 is 1.64. The highest BCUT2D eigenvalue weighted by Gasteiger charge is 2.23. The maximum atomic E-state index is 6.31. The molecular formula is C22H30N6OS. The first-order valence-electron chi connectivity index (χ1n) is 10.7. The topological polar surface area (TPSA) is 98.3 Å². The van der Waals surface area contributed by atoms with Crippen LogP contribution < -0.4 is 11.1 Å². The van der Waals surface area contributed by atoms with Crippen molar-refractivity contribution in [3.05, 3.63) is 35.7 Å². The van der Waals surface area contributed by atoms with Crippen LogP contribution in [0.5, 0.6) is 0 Å². The molecule has 2 aliphatic rings. The molecule has 2 aromatic rings. The van der Waals surface area contributed by atoms with Gasteiger partial charge in [0.15, 0.2) is 5.82 Å². The summed E-state index contributed by atoms with van der Waals surface area (Å²) in [5, 5.41) is 5.52. The highest BCUT2D eigenvalue weighted by atomic mass is 32.2. The molecule has 3 atom stereocenters. The van der Waals surface area contributed by atoms with Gasteiger partial charge in [-0.1, -0.05) is 37.6 Å². The van der Waals surface area contributed by atoms with Crippen LogP contribution in [-0.4, -0.2) is 39.2 Å². The Kier molecular flexibility index (Phi) is 6.97. The molecule has 8 heteroatoms. The zero-order chi connectivity index (χ0) is 20.9. The van der Waals surface area contributed by atoms with Crippen LogP contribution >= 0.6 is 11.8 Å². The van der Waals surface area contributed by atoms with Crippen molar-refractivity contribution in [1.29, 1.82) is 0 Å². The van der Waals surface area contributed by atoms with Gasteiger partial charge in [0.25, 0.3) is 0 Å². The van der Waals surface area contributed by atoms with Crippen LogP contribution in [0.1, 0.15) is 62.6 Å². The predicted octanol–water partition coefficient (Wildman–Crippen LogP) is 4.42. The van der Waals surface area contributed by atoms with E-state index in [1.165, 1.54) is 18.4 Å². The van der Waals surface area contributed by atoms with Gasteiger partial charge in [0.2, 0.25) is 5.95 Å². The fraction of sp³-hybridized carbons (Fsp3) is 0.545. The minimum atomic E-state index is 0.129. The van der Waals surface area contributed by atoms with E-state index in [0.717, 1.165) is 41.4 Å². The van der Waals surface area contributed by atoms with Crippen molar-refractivity contribution in [2.24, 2.45) is 10.7 Å². The molecule has 1 fully saturated rings. The number of fused-ring (bicyclic) bond motifs is 1. The van der Waals surface area contributed by atoms with E-state index in [-0.39, 0.29) is 12.1 Å². The third kappa shape index (κ3) is 5.17. The van der Waals surface area contributed by atoms with Gasteiger partial charge in [-0.2, -0.15) is 4.98 Å². The van der Waals surface area contributed by atoms with Crippen LogP contribution in [0.3, 0.4) is 0 Å². The molecule has 1 aliphatic heterocycles. The normalized spacial score (nSPS) is 25.6. The summed E-state index contributed by atoms with van der Waals surface area (Å²) in [4.78, 5) is 18.8. The Morgan fingerprint density at radius 2 is 2.13 bits per heavy atom. The van der Waals surface area contributed by atoms with Crippen LogP contribution in [0.15, 0.2) is 34.4 Å². The lowest BCUT2D eigenvalue weighted by Crippen LogP contribution is -2.43. The monoisotopic (exact) mass is 426 g/mol. The van der Waals surface area contributed by atoms with E-state index in [1.807, 2.05) is 18.3 Å². The smallest absolute Gasteiger partial charge is 0.225 e. The van der Waals surface area contributed by atoms with Crippen LogP contribution in [0.2, 0.25) is 0 Å². The van der Waals surface area contributed by atoms with Gasteiger partial charge in [0, 0.05) is 31.5 Å². The van der Waals surface area contributed by atoms with Gasteiger partial charge in [-0.3, -0.25) is 0 Å². The summed E-state index contributed by atoms with van der Waals surface area (Å²) in [5.41, 5.74) is 8.41. The van der Waals surface area contributed by atoms with Crippen molar-refractivity contribution in [2.45, 2.75) is 75.1 Å². The molecule has 160 valence electrons.